The van der Waals surface area contributed by atoms with Crippen molar-refractivity contribution in [1.82, 2.24) is 5.32 Å². The zero-order valence-electron chi connectivity index (χ0n) is 11.7. The Kier molecular flexibility index (Phi) is 4.54. The van der Waals surface area contributed by atoms with Gasteiger partial charge in [-0.05, 0) is 23.8 Å². The maximum Gasteiger partial charge on any atom is 0.324 e. The highest BCUT2D eigenvalue weighted by Gasteiger charge is 2.14. The van der Waals surface area contributed by atoms with Crippen LogP contribution in [0, 0.1) is 10.1 Å². The molecule has 0 fully saturated rings. The normalized spacial score (nSPS) is 10.2. The van der Waals surface area contributed by atoms with Gasteiger partial charge >= 0.3 is 5.00 Å². The first-order valence-corrected chi connectivity index (χ1v) is 7.07. The van der Waals surface area contributed by atoms with Crippen LogP contribution in [0.2, 0.25) is 0 Å². The number of carbonyl (C=O) groups is 1. The largest absolute Gasteiger partial charge is 0.378 e. The standard InChI is InChI=1S/C14H15N3O3S/c1-16(2)11-5-3-10(4-6-11)9-15-14(18)12-7-8-13(21-12)17(19)20/h3-8H,9H2,1-2H3,(H,15,18). The molecule has 21 heavy (non-hydrogen) atoms. The number of nitrogens with zero attached hydrogens (tertiary/aromatic N) is 2. The molecule has 0 aliphatic heterocycles. The Balaban J connectivity index is 1.95. The summed E-state index contributed by atoms with van der Waals surface area (Å²) in [4.78, 5) is 24.3. The van der Waals surface area contributed by atoms with Crippen LogP contribution in [-0.4, -0.2) is 24.9 Å². The van der Waals surface area contributed by atoms with Crippen molar-refractivity contribution in [2.45, 2.75) is 6.54 Å². The molecular formula is C14H15N3O3S. The molecule has 0 atom stereocenters. The number of thiophene rings is 1. The van der Waals surface area contributed by atoms with Crippen LogP contribution in [0.4, 0.5) is 10.7 Å². The van der Waals surface area contributed by atoms with Crippen LogP contribution in [0.25, 0.3) is 0 Å². The van der Waals surface area contributed by atoms with E-state index in [2.05, 4.69) is 5.32 Å². The number of anilines is 1. The summed E-state index contributed by atoms with van der Waals surface area (Å²) in [6.45, 7) is 0.387. The predicted octanol–water partition coefficient (Wildman–Crippen LogP) is 2.65. The van der Waals surface area contributed by atoms with Crippen molar-refractivity contribution < 1.29 is 9.72 Å². The van der Waals surface area contributed by atoms with Gasteiger partial charge in [0.1, 0.15) is 0 Å². The Morgan fingerprint density at radius 2 is 1.90 bits per heavy atom. The lowest BCUT2D eigenvalue weighted by molar-refractivity contribution is -0.380. The van der Waals surface area contributed by atoms with E-state index in [1.165, 1.54) is 12.1 Å². The molecule has 1 aromatic heterocycles. The van der Waals surface area contributed by atoms with Crippen molar-refractivity contribution in [3.8, 4) is 0 Å². The van der Waals surface area contributed by atoms with Crippen molar-refractivity contribution in [3.05, 3.63) is 57.0 Å². The van der Waals surface area contributed by atoms with Crippen LogP contribution in [0.15, 0.2) is 36.4 Å². The predicted molar refractivity (Wildman–Crippen MR) is 82.9 cm³/mol. The molecule has 110 valence electrons. The van der Waals surface area contributed by atoms with E-state index < -0.39 is 4.92 Å². The highest BCUT2D eigenvalue weighted by Crippen LogP contribution is 2.23. The van der Waals surface area contributed by atoms with Crippen molar-refractivity contribution >= 4 is 27.9 Å². The number of hydrogen-bond acceptors (Lipinski definition) is 5. The maximum atomic E-state index is 11.9. The molecule has 0 unspecified atom stereocenters. The molecule has 0 saturated carbocycles. The quantitative estimate of drug-likeness (QED) is 0.680. The van der Waals surface area contributed by atoms with Crippen molar-refractivity contribution in [2.24, 2.45) is 0 Å². The molecule has 2 aromatic rings. The molecule has 1 heterocycles. The summed E-state index contributed by atoms with van der Waals surface area (Å²) < 4.78 is 0. The van der Waals surface area contributed by atoms with Crippen molar-refractivity contribution in [1.29, 1.82) is 0 Å². The van der Waals surface area contributed by atoms with Gasteiger partial charge in [0.15, 0.2) is 0 Å². The number of carbonyl (C=O) groups excluding carboxylic acids is 1. The number of nitrogens with one attached hydrogen (secondary N) is 1. The van der Waals surface area contributed by atoms with Gasteiger partial charge in [-0.25, -0.2) is 0 Å². The van der Waals surface area contributed by atoms with Gasteiger partial charge in [0.25, 0.3) is 5.91 Å². The third kappa shape index (κ3) is 3.79. The van der Waals surface area contributed by atoms with Gasteiger partial charge in [0, 0.05) is 32.4 Å². The third-order valence-electron chi connectivity index (χ3n) is 2.90. The molecule has 7 heteroatoms. The zero-order valence-corrected chi connectivity index (χ0v) is 12.5. The van der Waals surface area contributed by atoms with E-state index in [0.29, 0.717) is 11.4 Å². The minimum Gasteiger partial charge on any atom is -0.378 e. The first kappa shape index (κ1) is 15.0. The summed E-state index contributed by atoms with van der Waals surface area (Å²) >= 11 is 0.873. The van der Waals surface area contributed by atoms with E-state index in [1.54, 1.807) is 0 Å². The molecule has 0 aliphatic carbocycles. The first-order chi connectivity index (χ1) is 9.97. The van der Waals surface area contributed by atoms with Crippen LogP contribution < -0.4 is 10.2 Å². The molecule has 1 amide bonds. The Morgan fingerprint density at radius 1 is 1.24 bits per heavy atom. The summed E-state index contributed by atoms with van der Waals surface area (Å²) in [6, 6.07) is 10.6. The van der Waals surface area contributed by atoms with E-state index >= 15 is 0 Å². The van der Waals surface area contributed by atoms with Crippen LogP contribution in [0.3, 0.4) is 0 Å². The Hall–Kier alpha value is -2.41. The highest BCUT2D eigenvalue weighted by atomic mass is 32.1. The van der Waals surface area contributed by atoms with E-state index in [9.17, 15) is 14.9 Å². The van der Waals surface area contributed by atoms with Gasteiger partial charge in [-0.1, -0.05) is 23.5 Å². The molecule has 1 N–H and O–H groups in total. The average Bonchev–Trinajstić information content (AvgIpc) is 2.95. The molecule has 0 bridgehead atoms. The molecule has 1 aromatic carbocycles. The van der Waals surface area contributed by atoms with Crippen LogP contribution in [-0.2, 0) is 6.54 Å². The lowest BCUT2D eigenvalue weighted by atomic mass is 10.2. The lowest BCUT2D eigenvalue weighted by Gasteiger charge is -2.12. The minimum absolute atomic E-state index is 0.0320. The Bertz CT molecular complexity index is 650. The average molecular weight is 305 g/mol. The van der Waals surface area contributed by atoms with Gasteiger partial charge in [0.2, 0.25) is 0 Å². The van der Waals surface area contributed by atoms with Crippen LogP contribution in [0.5, 0.6) is 0 Å². The van der Waals surface area contributed by atoms with Gasteiger partial charge < -0.3 is 10.2 Å². The fraction of sp³-hybridized carbons (Fsp3) is 0.214. The van der Waals surface area contributed by atoms with E-state index in [-0.39, 0.29) is 10.9 Å². The molecule has 0 saturated heterocycles. The molecule has 0 radical (unpaired) electrons. The van der Waals surface area contributed by atoms with E-state index in [0.717, 1.165) is 22.6 Å². The molecular weight excluding hydrogens is 290 g/mol. The number of benzene rings is 1. The Morgan fingerprint density at radius 3 is 2.43 bits per heavy atom. The number of amides is 1. The summed E-state index contributed by atoms with van der Waals surface area (Å²) in [6.07, 6.45) is 0. The highest BCUT2D eigenvalue weighted by molar-refractivity contribution is 7.17. The fourth-order valence-electron chi connectivity index (χ4n) is 1.73. The van der Waals surface area contributed by atoms with Gasteiger partial charge in [-0.15, -0.1) is 0 Å². The van der Waals surface area contributed by atoms with Gasteiger partial charge in [0.05, 0.1) is 9.80 Å². The third-order valence-corrected chi connectivity index (χ3v) is 3.94. The number of rotatable bonds is 5. The van der Waals surface area contributed by atoms with Gasteiger partial charge in [-0.3, -0.25) is 14.9 Å². The second-order valence-corrected chi connectivity index (χ2v) is 5.70. The molecule has 0 spiro atoms. The molecule has 0 aliphatic rings. The second-order valence-electron chi connectivity index (χ2n) is 4.64. The van der Waals surface area contributed by atoms with E-state index in [4.69, 9.17) is 0 Å². The lowest BCUT2D eigenvalue weighted by Crippen LogP contribution is -2.21. The molecule has 2 rings (SSSR count). The second kappa shape index (κ2) is 6.36. The number of nitro groups is 1. The Labute approximate surface area is 126 Å². The number of hydrogen-bond donors (Lipinski definition) is 1. The van der Waals surface area contributed by atoms with Crippen LogP contribution >= 0.6 is 11.3 Å². The smallest absolute Gasteiger partial charge is 0.324 e. The fourth-order valence-corrected chi connectivity index (χ4v) is 2.47. The topological polar surface area (TPSA) is 75.5 Å². The summed E-state index contributed by atoms with van der Waals surface area (Å²) in [7, 11) is 3.92. The zero-order chi connectivity index (χ0) is 15.4. The van der Waals surface area contributed by atoms with Crippen molar-refractivity contribution in [2.75, 3.05) is 19.0 Å². The maximum absolute atomic E-state index is 11.9. The summed E-state index contributed by atoms with van der Waals surface area (Å²) in [5.74, 6) is -0.301. The first-order valence-electron chi connectivity index (χ1n) is 6.26. The molecule has 6 nitrogen and oxygen atoms in total. The van der Waals surface area contributed by atoms with Gasteiger partial charge in [-0.2, -0.15) is 0 Å². The van der Waals surface area contributed by atoms with Crippen LogP contribution in [0.1, 0.15) is 15.2 Å². The van der Waals surface area contributed by atoms with E-state index in [1.807, 2.05) is 43.3 Å². The summed E-state index contributed by atoms with van der Waals surface area (Å²) in [5, 5.41) is 13.3. The summed E-state index contributed by atoms with van der Waals surface area (Å²) in [5.41, 5.74) is 2.05. The minimum atomic E-state index is -0.499. The van der Waals surface area contributed by atoms with Crippen molar-refractivity contribution in [3.63, 3.8) is 0 Å². The SMILES string of the molecule is CN(C)c1ccc(CNC(=O)c2ccc([N+](=O)[O-])s2)cc1. The monoisotopic (exact) mass is 305 g/mol.